The predicted octanol–water partition coefficient (Wildman–Crippen LogP) is 12.3. The molecule has 11 rings (SSSR count). The van der Waals surface area contributed by atoms with E-state index in [2.05, 4.69) is 179 Å². The Bertz CT molecular complexity index is 2960. The van der Waals surface area contributed by atoms with E-state index in [0.717, 1.165) is 6.42 Å². The third-order valence-corrected chi connectivity index (χ3v) is 10.7. The number of benzene rings is 8. The Morgan fingerprint density at radius 3 is 2.00 bits per heavy atom. The fourth-order valence-electron chi connectivity index (χ4n) is 8.62. The monoisotopic (exact) mass is 622 g/mol. The molecule has 10 aromatic rings. The number of para-hydroxylation sites is 2. The van der Waals surface area contributed by atoms with Crippen LogP contribution in [0.1, 0.15) is 11.1 Å². The molecule has 0 saturated carbocycles. The number of hydrogen-bond donors (Lipinski definition) is 0. The molecule has 228 valence electrons. The maximum absolute atomic E-state index is 2.47. The van der Waals surface area contributed by atoms with Crippen molar-refractivity contribution in [3.8, 4) is 33.6 Å². The van der Waals surface area contributed by atoms with E-state index in [1.807, 2.05) is 0 Å². The lowest BCUT2D eigenvalue weighted by Crippen LogP contribution is -1.96. The van der Waals surface area contributed by atoms with Crippen LogP contribution in [-0.2, 0) is 6.42 Å². The molecule has 2 heterocycles. The molecule has 0 radical (unpaired) electrons. The minimum Gasteiger partial charge on any atom is -0.309 e. The molecule has 1 aliphatic carbocycles. The van der Waals surface area contributed by atoms with Crippen molar-refractivity contribution in [3.63, 3.8) is 0 Å². The van der Waals surface area contributed by atoms with Gasteiger partial charge in [0.2, 0.25) is 0 Å². The quantitative estimate of drug-likeness (QED) is 0.186. The van der Waals surface area contributed by atoms with Crippen molar-refractivity contribution in [2.45, 2.75) is 6.42 Å². The maximum atomic E-state index is 2.47. The summed E-state index contributed by atoms with van der Waals surface area (Å²) in [4.78, 5) is 0. The van der Waals surface area contributed by atoms with Crippen LogP contribution >= 0.6 is 0 Å². The van der Waals surface area contributed by atoms with E-state index in [-0.39, 0.29) is 0 Å². The van der Waals surface area contributed by atoms with Gasteiger partial charge in [0.1, 0.15) is 0 Å². The van der Waals surface area contributed by atoms with E-state index in [1.165, 1.54) is 99.1 Å². The molecule has 0 unspecified atom stereocenters. The van der Waals surface area contributed by atoms with Gasteiger partial charge >= 0.3 is 0 Å². The molecule has 0 aliphatic heterocycles. The summed E-state index contributed by atoms with van der Waals surface area (Å²) >= 11 is 0. The predicted molar refractivity (Wildman–Crippen MR) is 206 cm³/mol. The normalized spacial score (nSPS) is 12.4. The van der Waals surface area contributed by atoms with Crippen LogP contribution in [0, 0.1) is 0 Å². The minimum absolute atomic E-state index is 0.993. The second kappa shape index (κ2) is 10.1. The molecule has 0 bridgehead atoms. The largest absolute Gasteiger partial charge is 0.309 e. The summed E-state index contributed by atoms with van der Waals surface area (Å²) in [5.74, 6) is 0. The fourth-order valence-corrected chi connectivity index (χ4v) is 8.62. The van der Waals surface area contributed by atoms with Crippen LogP contribution in [-0.4, -0.2) is 9.13 Å². The summed E-state index contributed by atoms with van der Waals surface area (Å²) in [5, 5.41) is 7.65. The summed E-state index contributed by atoms with van der Waals surface area (Å²) in [6.07, 6.45) is 0.993. The molecule has 0 amide bonds. The summed E-state index contributed by atoms with van der Waals surface area (Å²) in [7, 11) is 0. The number of rotatable bonds is 3. The number of aromatic nitrogens is 2. The average Bonchev–Trinajstić information content (AvgIpc) is 3.81. The van der Waals surface area contributed by atoms with E-state index < -0.39 is 0 Å². The summed E-state index contributed by atoms with van der Waals surface area (Å²) in [6.45, 7) is 0. The van der Waals surface area contributed by atoms with Crippen LogP contribution in [0.4, 0.5) is 0 Å². The van der Waals surface area contributed by atoms with Crippen LogP contribution in [0.2, 0.25) is 0 Å². The van der Waals surface area contributed by atoms with Gasteiger partial charge in [-0.15, -0.1) is 0 Å². The van der Waals surface area contributed by atoms with Gasteiger partial charge in [-0.2, -0.15) is 0 Å². The molecule has 2 nitrogen and oxygen atoms in total. The molecule has 0 fully saturated rings. The smallest absolute Gasteiger partial charge is 0.0562 e. The lowest BCUT2D eigenvalue weighted by atomic mass is 9.94. The molecule has 2 aromatic heterocycles. The molecular formula is C47H30N2. The van der Waals surface area contributed by atoms with Crippen LogP contribution in [0.15, 0.2) is 170 Å². The average molecular weight is 623 g/mol. The van der Waals surface area contributed by atoms with Crippen LogP contribution < -0.4 is 0 Å². The van der Waals surface area contributed by atoms with E-state index in [0.29, 0.717) is 0 Å². The second-order valence-electron chi connectivity index (χ2n) is 13.3. The third kappa shape index (κ3) is 3.77. The second-order valence-corrected chi connectivity index (χ2v) is 13.3. The highest BCUT2D eigenvalue weighted by molar-refractivity contribution is 6.25. The highest BCUT2D eigenvalue weighted by Crippen LogP contribution is 2.45. The first-order chi connectivity index (χ1) is 24.3. The number of fused-ring (bicyclic) bond motifs is 11. The Labute approximate surface area is 283 Å². The molecule has 0 N–H and O–H groups in total. The molecule has 1 aliphatic rings. The SMILES string of the molecule is c1ccc(-n2c3cc4c(cc3c3c5ccccc5ccc32)c2ccccc2n4-c2cccc(-c3cccc4c3-c3ccccc3C4)c2)cc1. The van der Waals surface area contributed by atoms with E-state index in [1.54, 1.807) is 0 Å². The Morgan fingerprint density at radius 2 is 1.06 bits per heavy atom. The molecule has 2 heteroatoms. The lowest BCUT2D eigenvalue weighted by molar-refractivity contribution is 1.16. The van der Waals surface area contributed by atoms with Gasteiger partial charge in [-0.25, -0.2) is 0 Å². The maximum Gasteiger partial charge on any atom is 0.0562 e. The Morgan fingerprint density at radius 1 is 0.367 bits per heavy atom. The molecule has 0 spiro atoms. The molecular weight excluding hydrogens is 593 g/mol. The van der Waals surface area contributed by atoms with Gasteiger partial charge in [-0.3, -0.25) is 0 Å². The fraction of sp³-hybridized carbons (Fsp3) is 0.0213. The minimum atomic E-state index is 0.993. The first-order valence-corrected chi connectivity index (χ1v) is 17.1. The zero-order valence-corrected chi connectivity index (χ0v) is 26.8. The lowest BCUT2D eigenvalue weighted by Gasteiger charge is -2.14. The molecule has 0 atom stereocenters. The van der Waals surface area contributed by atoms with E-state index >= 15 is 0 Å². The Kier molecular flexibility index (Phi) is 5.47. The summed E-state index contributed by atoms with van der Waals surface area (Å²) < 4.78 is 4.91. The van der Waals surface area contributed by atoms with E-state index in [4.69, 9.17) is 0 Å². The first kappa shape index (κ1) is 26.7. The molecule has 8 aromatic carbocycles. The third-order valence-electron chi connectivity index (χ3n) is 10.7. The van der Waals surface area contributed by atoms with Crippen molar-refractivity contribution in [2.75, 3.05) is 0 Å². The number of hydrogen-bond acceptors (Lipinski definition) is 0. The van der Waals surface area contributed by atoms with Crippen molar-refractivity contribution in [2.24, 2.45) is 0 Å². The van der Waals surface area contributed by atoms with Gasteiger partial charge in [0.15, 0.2) is 0 Å². The molecule has 0 saturated heterocycles. The van der Waals surface area contributed by atoms with Gasteiger partial charge in [-0.1, -0.05) is 121 Å². The van der Waals surface area contributed by atoms with Crippen molar-refractivity contribution >= 4 is 54.4 Å². The summed E-state index contributed by atoms with van der Waals surface area (Å²) in [6, 6.07) is 62.7. The van der Waals surface area contributed by atoms with Crippen molar-refractivity contribution in [3.05, 3.63) is 181 Å². The van der Waals surface area contributed by atoms with Crippen molar-refractivity contribution in [1.29, 1.82) is 0 Å². The highest BCUT2D eigenvalue weighted by atomic mass is 15.0. The van der Waals surface area contributed by atoms with Gasteiger partial charge in [-0.05, 0) is 99.1 Å². The first-order valence-electron chi connectivity index (χ1n) is 17.1. The Balaban J connectivity index is 1.22. The number of nitrogens with zero attached hydrogens (tertiary/aromatic N) is 2. The van der Waals surface area contributed by atoms with Crippen LogP contribution in [0.25, 0.3) is 88.0 Å². The topological polar surface area (TPSA) is 9.86 Å². The standard InChI is InChI=1S/C47H30N2/c1-2-16-34(17-3-1)48-43-25-24-30-12-4-6-19-36(30)47(43)41-28-40-39-21-8-9-23-42(39)49(44(40)29-45(41)48)35-18-10-14-32(27-35)38-22-11-15-33-26-31-13-5-7-20-37(31)46(33)38/h1-25,27-29H,26H2. The van der Waals surface area contributed by atoms with Crippen molar-refractivity contribution < 1.29 is 0 Å². The molecule has 49 heavy (non-hydrogen) atoms. The zero-order chi connectivity index (χ0) is 32.1. The van der Waals surface area contributed by atoms with E-state index in [9.17, 15) is 0 Å². The van der Waals surface area contributed by atoms with Gasteiger partial charge in [0.05, 0.1) is 22.1 Å². The summed E-state index contributed by atoms with van der Waals surface area (Å²) in [5.41, 5.74) is 15.3. The van der Waals surface area contributed by atoms with Gasteiger partial charge < -0.3 is 9.13 Å². The van der Waals surface area contributed by atoms with Gasteiger partial charge in [0.25, 0.3) is 0 Å². The highest BCUT2D eigenvalue weighted by Gasteiger charge is 2.23. The Hall–Kier alpha value is -6.38. The van der Waals surface area contributed by atoms with Crippen LogP contribution in [0.3, 0.4) is 0 Å². The van der Waals surface area contributed by atoms with Gasteiger partial charge in [0, 0.05) is 32.9 Å². The van der Waals surface area contributed by atoms with Crippen molar-refractivity contribution in [1.82, 2.24) is 9.13 Å². The zero-order valence-electron chi connectivity index (χ0n) is 26.8. The van der Waals surface area contributed by atoms with Crippen LogP contribution in [0.5, 0.6) is 0 Å².